The van der Waals surface area contributed by atoms with Gasteiger partial charge in [0, 0.05) is 10.6 Å². The van der Waals surface area contributed by atoms with E-state index in [0.717, 1.165) is 12.0 Å². The van der Waals surface area contributed by atoms with Crippen molar-refractivity contribution < 1.29 is 14.6 Å². The summed E-state index contributed by atoms with van der Waals surface area (Å²) in [7, 11) is 0. The summed E-state index contributed by atoms with van der Waals surface area (Å²) in [4.78, 5) is 11.7. The van der Waals surface area contributed by atoms with Gasteiger partial charge in [-0.1, -0.05) is 24.4 Å². The van der Waals surface area contributed by atoms with Gasteiger partial charge in [-0.2, -0.15) is 0 Å². The predicted molar refractivity (Wildman–Crippen MR) is 77.5 cm³/mol. The van der Waals surface area contributed by atoms with Crippen LogP contribution in [0.1, 0.15) is 44.1 Å². The Kier molecular flexibility index (Phi) is 3.63. The Balaban J connectivity index is 1.87. The third-order valence-corrected chi connectivity index (χ3v) is 5.01. The van der Waals surface area contributed by atoms with Crippen molar-refractivity contribution in [3.8, 4) is 5.75 Å². The Morgan fingerprint density at radius 3 is 2.60 bits per heavy atom. The molecule has 0 amide bonds. The van der Waals surface area contributed by atoms with E-state index >= 15 is 0 Å². The smallest absolute Gasteiger partial charge is 0.314 e. The number of hydrogen-bond acceptors (Lipinski definition) is 2. The minimum absolute atomic E-state index is 0.573. The molecule has 108 valence electrons. The van der Waals surface area contributed by atoms with Crippen molar-refractivity contribution in [3.05, 3.63) is 28.8 Å². The first-order valence-corrected chi connectivity index (χ1v) is 7.66. The first-order valence-electron chi connectivity index (χ1n) is 7.28. The van der Waals surface area contributed by atoms with Crippen LogP contribution in [0, 0.1) is 5.92 Å². The van der Waals surface area contributed by atoms with Crippen molar-refractivity contribution in [1.29, 1.82) is 0 Å². The maximum atomic E-state index is 11.7. The average Bonchev–Trinajstić information content (AvgIpc) is 2.27. The summed E-state index contributed by atoms with van der Waals surface area (Å²) in [6, 6.07) is 5.36. The highest BCUT2D eigenvalue weighted by Crippen LogP contribution is 2.48. The van der Waals surface area contributed by atoms with Crippen LogP contribution < -0.4 is 4.74 Å². The van der Waals surface area contributed by atoms with Gasteiger partial charge in [0.2, 0.25) is 0 Å². The number of carboxylic acids is 1. The molecule has 3 rings (SSSR count). The van der Waals surface area contributed by atoms with E-state index in [-0.39, 0.29) is 0 Å². The summed E-state index contributed by atoms with van der Waals surface area (Å²) in [6.45, 7) is 0.685. The average molecular weight is 295 g/mol. The number of benzene rings is 1. The SMILES string of the molecule is O=C(O)C1(c2cc(Cl)ccc2OCC2CCC2)CCC1. The van der Waals surface area contributed by atoms with Crippen molar-refractivity contribution >= 4 is 17.6 Å². The third kappa shape index (κ3) is 2.28. The lowest BCUT2D eigenvalue weighted by Crippen LogP contribution is -2.42. The second-order valence-corrected chi connectivity index (χ2v) is 6.43. The summed E-state index contributed by atoms with van der Waals surface area (Å²) in [6.07, 6.45) is 5.99. The van der Waals surface area contributed by atoms with Crippen LogP contribution >= 0.6 is 11.6 Å². The van der Waals surface area contributed by atoms with Gasteiger partial charge < -0.3 is 9.84 Å². The van der Waals surface area contributed by atoms with Crippen molar-refractivity contribution in [2.75, 3.05) is 6.61 Å². The van der Waals surface area contributed by atoms with Crippen LogP contribution in [-0.2, 0) is 10.2 Å². The van der Waals surface area contributed by atoms with E-state index < -0.39 is 11.4 Å². The van der Waals surface area contributed by atoms with Gasteiger partial charge in [0.05, 0.1) is 12.0 Å². The first kappa shape index (κ1) is 13.7. The number of ether oxygens (including phenoxy) is 1. The van der Waals surface area contributed by atoms with Crippen molar-refractivity contribution in [1.82, 2.24) is 0 Å². The minimum atomic E-state index is -0.792. The fourth-order valence-electron chi connectivity index (χ4n) is 3.00. The highest BCUT2D eigenvalue weighted by atomic mass is 35.5. The molecular weight excluding hydrogens is 276 g/mol. The quantitative estimate of drug-likeness (QED) is 0.892. The van der Waals surface area contributed by atoms with Crippen LogP contribution in [0.3, 0.4) is 0 Å². The molecule has 1 N–H and O–H groups in total. The monoisotopic (exact) mass is 294 g/mol. The summed E-state index contributed by atoms with van der Waals surface area (Å²) >= 11 is 6.06. The van der Waals surface area contributed by atoms with Gasteiger partial charge in [0.1, 0.15) is 5.75 Å². The Morgan fingerprint density at radius 2 is 2.10 bits per heavy atom. The van der Waals surface area contributed by atoms with Crippen LogP contribution in [0.2, 0.25) is 5.02 Å². The van der Waals surface area contributed by atoms with Crippen LogP contribution in [0.4, 0.5) is 0 Å². The molecule has 2 aliphatic carbocycles. The lowest BCUT2D eigenvalue weighted by Gasteiger charge is -2.39. The second-order valence-electron chi connectivity index (χ2n) is 5.99. The van der Waals surface area contributed by atoms with Crippen molar-refractivity contribution in [2.24, 2.45) is 5.92 Å². The van der Waals surface area contributed by atoms with Crippen LogP contribution in [0.25, 0.3) is 0 Å². The molecule has 0 atom stereocenters. The highest BCUT2D eigenvalue weighted by molar-refractivity contribution is 6.30. The number of halogens is 1. The van der Waals surface area contributed by atoms with Crippen LogP contribution in [0.5, 0.6) is 5.75 Å². The molecule has 4 heteroatoms. The lowest BCUT2D eigenvalue weighted by molar-refractivity contribution is -0.147. The summed E-state index contributed by atoms with van der Waals surface area (Å²) in [5, 5.41) is 10.2. The number of carboxylic acid groups (broad SMARTS) is 1. The largest absolute Gasteiger partial charge is 0.493 e. The van der Waals surface area contributed by atoms with E-state index in [4.69, 9.17) is 16.3 Å². The van der Waals surface area contributed by atoms with Gasteiger partial charge in [0.25, 0.3) is 0 Å². The Morgan fingerprint density at radius 1 is 1.35 bits per heavy atom. The van der Waals surface area contributed by atoms with Crippen LogP contribution in [-0.4, -0.2) is 17.7 Å². The zero-order valence-electron chi connectivity index (χ0n) is 11.4. The predicted octanol–water partition coefficient (Wildman–Crippen LogP) is 4.03. The summed E-state index contributed by atoms with van der Waals surface area (Å²) < 4.78 is 5.91. The Bertz CT molecular complexity index is 518. The maximum Gasteiger partial charge on any atom is 0.314 e. The maximum absolute atomic E-state index is 11.7. The normalized spacial score (nSPS) is 20.9. The van der Waals surface area contributed by atoms with Gasteiger partial charge in [0.15, 0.2) is 0 Å². The van der Waals surface area contributed by atoms with Gasteiger partial charge in [-0.15, -0.1) is 0 Å². The molecule has 0 bridgehead atoms. The van der Waals surface area contributed by atoms with Crippen LogP contribution in [0.15, 0.2) is 18.2 Å². The fraction of sp³-hybridized carbons (Fsp3) is 0.562. The molecule has 1 aromatic carbocycles. The molecule has 2 saturated carbocycles. The van der Waals surface area contributed by atoms with Crippen molar-refractivity contribution in [2.45, 2.75) is 43.9 Å². The number of hydrogen-bond donors (Lipinski definition) is 1. The molecule has 0 saturated heterocycles. The second kappa shape index (κ2) is 5.28. The summed E-state index contributed by atoms with van der Waals surface area (Å²) in [5.74, 6) is 0.559. The fourth-order valence-corrected chi connectivity index (χ4v) is 3.17. The Hall–Kier alpha value is -1.22. The zero-order chi connectivity index (χ0) is 14.2. The molecule has 2 fully saturated rings. The zero-order valence-corrected chi connectivity index (χ0v) is 12.2. The van der Waals surface area contributed by atoms with E-state index in [0.29, 0.717) is 36.1 Å². The molecule has 0 radical (unpaired) electrons. The highest BCUT2D eigenvalue weighted by Gasteiger charge is 2.47. The molecule has 0 heterocycles. The third-order valence-electron chi connectivity index (χ3n) is 4.77. The number of carbonyl (C=O) groups is 1. The standard InChI is InChI=1S/C16H19ClO3/c17-12-5-6-14(20-10-11-3-1-4-11)13(9-12)16(15(18)19)7-2-8-16/h5-6,9,11H,1-4,7-8,10H2,(H,18,19). The molecule has 0 spiro atoms. The Labute approximate surface area is 123 Å². The van der Waals surface area contributed by atoms with Crippen molar-refractivity contribution in [3.63, 3.8) is 0 Å². The van der Waals surface area contributed by atoms with E-state index in [1.54, 1.807) is 12.1 Å². The summed E-state index contributed by atoms with van der Waals surface area (Å²) in [5.41, 5.74) is -0.0390. The van der Waals surface area contributed by atoms with E-state index in [9.17, 15) is 9.90 Å². The van der Waals surface area contributed by atoms with Gasteiger partial charge in [-0.25, -0.2) is 0 Å². The molecule has 1 aromatic rings. The molecule has 3 nitrogen and oxygen atoms in total. The molecule has 0 aromatic heterocycles. The molecule has 20 heavy (non-hydrogen) atoms. The lowest BCUT2D eigenvalue weighted by atomic mass is 9.64. The van der Waals surface area contributed by atoms with E-state index in [2.05, 4.69) is 0 Å². The molecular formula is C16H19ClO3. The first-order chi connectivity index (χ1) is 9.62. The van der Waals surface area contributed by atoms with E-state index in [1.807, 2.05) is 6.07 Å². The molecule has 2 aliphatic rings. The molecule has 0 aliphatic heterocycles. The van der Waals surface area contributed by atoms with E-state index in [1.165, 1.54) is 19.3 Å². The number of rotatable bonds is 5. The topological polar surface area (TPSA) is 46.5 Å². The minimum Gasteiger partial charge on any atom is -0.493 e. The molecule has 0 unspecified atom stereocenters. The van der Waals surface area contributed by atoms with Gasteiger partial charge >= 0.3 is 5.97 Å². The van der Waals surface area contributed by atoms with Gasteiger partial charge in [-0.3, -0.25) is 4.79 Å². The number of aliphatic carboxylic acids is 1. The van der Waals surface area contributed by atoms with Gasteiger partial charge in [-0.05, 0) is 49.8 Å².